The number of rotatable bonds is 6. The molecule has 0 spiro atoms. The summed E-state index contributed by atoms with van der Waals surface area (Å²) in [5.74, 6) is 8.08. The average Bonchev–Trinajstić information content (AvgIpc) is 3.86. The summed E-state index contributed by atoms with van der Waals surface area (Å²) in [5, 5.41) is 7.76. The van der Waals surface area contributed by atoms with Gasteiger partial charge >= 0.3 is 121 Å². The monoisotopic (exact) mass is 1060 g/mol. The van der Waals surface area contributed by atoms with Crippen molar-refractivity contribution in [1.29, 1.82) is 0 Å². The van der Waals surface area contributed by atoms with Gasteiger partial charge in [0.25, 0.3) is 0 Å². The van der Waals surface area contributed by atoms with Crippen molar-refractivity contribution in [3.8, 4) is 28.3 Å². The molecule has 3 aromatic heterocycles. The quantitative estimate of drug-likeness (QED) is 0.0944. The summed E-state index contributed by atoms with van der Waals surface area (Å²) >= 11 is -0.535. The molecule has 7 aromatic carbocycles. The van der Waals surface area contributed by atoms with Gasteiger partial charge in [0.2, 0.25) is 0 Å². The van der Waals surface area contributed by atoms with E-state index in [-0.39, 0.29) is 25.7 Å². The largest absolute Gasteiger partial charge is 0 e. The summed E-state index contributed by atoms with van der Waals surface area (Å²) in [6.07, 6.45) is 1.67. The van der Waals surface area contributed by atoms with Crippen molar-refractivity contribution in [2.45, 2.75) is 70.5 Å². The van der Waals surface area contributed by atoms with Gasteiger partial charge in [0.05, 0.1) is 16.9 Å². The van der Waals surface area contributed by atoms with Crippen LogP contribution in [0.4, 0.5) is 0 Å². The Morgan fingerprint density at radius 1 is 0.672 bits per heavy atom. The Morgan fingerprint density at radius 3 is 2.13 bits per heavy atom. The molecule has 0 unspecified atom stereocenters. The maximum Gasteiger partial charge on any atom is 0 e. The Bertz CT molecular complexity index is 3430. The van der Waals surface area contributed by atoms with E-state index < -0.39 is 27.0 Å². The molecule has 0 saturated carbocycles. The second-order valence-electron chi connectivity index (χ2n) is 17.3. The number of fused-ring (bicyclic) bond motifs is 8. The summed E-state index contributed by atoms with van der Waals surface area (Å²) in [4.78, 5) is 9.68. The van der Waals surface area contributed by atoms with E-state index in [9.17, 15) is 0 Å². The normalized spacial score (nSPS) is 13.7. The van der Waals surface area contributed by atoms with Crippen LogP contribution in [0.3, 0.4) is 0 Å². The first kappa shape index (κ1) is 35.7. The van der Waals surface area contributed by atoms with Gasteiger partial charge < -0.3 is 4.57 Å². The van der Waals surface area contributed by atoms with Crippen LogP contribution in [0.25, 0.3) is 81.1 Å². The Labute approximate surface area is 389 Å². The minimum Gasteiger partial charge on any atom is 0 e. The van der Waals surface area contributed by atoms with E-state index in [1.807, 2.05) is 11.3 Å². The topological polar surface area (TPSA) is 30.7 Å². The van der Waals surface area contributed by atoms with Crippen molar-refractivity contribution >= 4 is 81.7 Å². The summed E-state index contributed by atoms with van der Waals surface area (Å²) < 4.78 is 51.4. The molecule has 0 fully saturated rings. The van der Waals surface area contributed by atoms with E-state index in [1.54, 1.807) is 18.3 Å². The smallest absolute Gasteiger partial charge is 0 e. The number of aryl methyl sites for hydroxylation is 2. The molecule has 0 amide bonds. The maximum absolute atomic E-state index is 7.82. The molecule has 1 radical (unpaired) electrons. The third-order valence-electron chi connectivity index (χ3n) is 11.5. The maximum atomic E-state index is 7.82. The standard InChI is InChI=1S/C39H31N2S.C16H20GeN.Ir/c1-23(2)27-12-9-13-28(24(3)4)38(27)41-34-15-8-7-14-33(34)40-39(41)26-17-20-35-32(22-26)37-31-18-16-25-10-5-6-11-29(25)30(31)19-21-36(37)42-35;1-12-6-8-14(9-7-12)16-10-13(2)15(11-18-16)17(3,4)5;/h5-16,18-24H,1-4H3;6-8,10-11H,1-5H3;/q2*-1;/i;1D3,2D3;. The molecule has 0 atom stereocenters. The molecule has 10 aromatic rings. The fraction of sp³-hybridized carbons (Fsp3) is 0.200. The van der Waals surface area contributed by atoms with E-state index >= 15 is 0 Å². The van der Waals surface area contributed by atoms with Crippen LogP contribution < -0.4 is 4.40 Å². The molecule has 0 saturated heterocycles. The van der Waals surface area contributed by atoms with Crippen LogP contribution in [0.2, 0.25) is 17.3 Å². The number of aromatic nitrogens is 3. The SMILES string of the molecule is CC(C)c1cccc(C(C)C)c1-n1c(-c2[c-]cc3sc4ccc5c6ccccc6ccc5c4c3c2)nc2ccccc21.[2H]C([2H])([2H])c1c[c-]c(-c2cc(C([2H])([2H])[2H])[c]([Ge]([CH3])([CH3])[CH3])cn2)cc1.[Ir]. The number of nitrogens with zero attached hydrogens (tertiary/aromatic N) is 3. The second-order valence-corrected chi connectivity index (χ2v) is 28.9. The number of para-hydroxylation sites is 3. The van der Waals surface area contributed by atoms with E-state index in [1.165, 1.54) is 70.7 Å². The van der Waals surface area contributed by atoms with Crippen molar-refractivity contribution in [1.82, 2.24) is 14.5 Å². The molecule has 307 valence electrons. The van der Waals surface area contributed by atoms with Crippen LogP contribution in [-0.4, -0.2) is 27.8 Å². The predicted molar refractivity (Wildman–Crippen MR) is 262 cm³/mol. The van der Waals surface area contributed by atoms with Crippen LogP contribution in [0.15, 0.2) is 134 Å². The van der Waals surface area contributed by atoms with Crippen LogP contribution in [-0.2, 0) is 20.1 Å². The summed E-state index contributed by atoms with van der Waals surface area (Å²) in [6.45, 7) is 4.75. The number of hydrogen-bond donors (Lipinski definition) is 0. The van der Waals surface area contributed by atoms with Gasteiger partial charge in [-0.3, -0.25) is 4.98 Å². The van der Waals surface area contributed by atoms with Crippen molar-refractivity contribution in [2.75, 3.05) is 0 Å². The molecule has 3 nitrogen and oxygen atoms in total. The Hall–Kier alpha value is -4.91. The predicted octanol–water partition coefficient (Wildman–Crippen LogP) is 15.1. The van der Waals surface area contributed by atoms with E-state index in [4.69, 9.17) is 13.2 Å². The van der Waals surface area contributed by atoms with Crippen LogP contribution in [0.1, 0.15) is 70.0 Å². The molecular weight excluding hydrogens is 1000 g/mol. The molecule has 0 bridgehead atoms. The molecule has 0 aliphatic carbocycles. The molecule has 61 heavy (non-hydrogen) atoms. The van der Waals surface area contributed by atoms with Gasteiger partial charge in [0.1, 0.15) is 0 Å². The van der Waals surface area contributed by atoms with Crippen molar-refractivity contribution in [3.05, 3.63) is 168 Å². The zero-order valence-electron chi connectivity index (χ0n) is 41.4. The second kappa shape index (κ2) is 17.1. The van der Waals surface area contributed by atoms with Crippen molar-refractivity contribution in [2.24, 2.45) is 0 Å². The number of pyridine rings is 1. The molecule has 3 heterocycles. The average molecular weight is 1060 g/mol. The van der Waals surface area contributed by atoms with Crippen molar-refractivity contribution in [3.63, 3.8) is 0 Å². The summed E-state index contributed by atoms with van der Waals surface area (Å²) in [5.41, 5.74) is 8.70. The zero-order valence-corrected chi connectivity index (χ0v) is 40.7. The minimum atomic E-state index is -2.38. The first-order valence-corrected chi connectivity index (χ1v) is 28.8. The number of thiophene rings is 1. The van der Waals surface area contributed by atoms with E-state index in [0.717, 1.165) is 26.8 Å². The van der Waals surface area contributed by atoms with Gasteiger partial charge in [-0.05, 0) is 72.8 Å². The first-order chi connectivity index (χ1) is 31.3. The number of imidazole rings is 1. The summed E-state index contributed by atoms with van der Waals surface area (Å²) in [7, 11) is 0. The van der Waals surface area contributed by atoms with Gasteiger partial charge in [0.15, 0.2) is 0 Å². The third kappa shape index (κ3) is 8.03. The Kier molecular flexibility index (Phi) is 10.00. The third-order valence-corrected chi connectivity index (χ3v) is 16.8. The fourth-order valence-corrected chi connectivity index (χ4v) is 12.3. The van der Waals surface area contributed by atoms with Crippen molar-refractivity contribution < 1.29 is 28.3 Å². The van der Waals surface area contributed by atoms with Gasteiger partial charge in [-0.2, -0.15) is 11.3 Å². The van der Waals surface area contributed by atoms with E-state index in [2.05, 4.69) is 170 Å². The van der Waals surface area contributed by atoms with Crippen LogP contribution in [0, 0.1) is 25.8 Å². The Morgan fingerprint density at radius 2 is 1.41 bits per heavy atom. The van der Waals surface area contributed by atoms with Gasteiger partial charge in [-0.15, -0.1) is 23.8 Å². The van der Waals surface area contributed by atoms with Crippen LogP contribution in [0.5, 0.6) is 0 Å². The first-order valence-electron chi connectivity index (χ1n) is 23.6. The van der Waals surface area contributed by atoms with E-state index in [0.29, 0.717) is 28.7 Å². The molecule has 0 N–H and O–H groups in total. The number of benzene rings is 7. The van der Waals surface area contributed by atoms with Gasteiger partial charge in [-0.25, -0.2) is 0 Å². The molecule has 10 rings (SSSR count). The van der Waals surface area contributed by atoms with Crippen LogP contribution >= 0.6 is 11.3 Å². The van der Waals surface area contributed by atoms with Gasteiger partial charge in [-0.1, -0.05) is 106 Å². The fourth-order valence-electron chi connectivity index (χ4n) is 8.42. The minimum absolute atomic E-state index is 0. The Balaban J connectivity index is 0.000000209. The van der Waals surface area contributed by atoms with Gasteiger partial charge in [0, 0.05) is 30.5 Å². The molecule has 0 aliphatic rings. The molecule has 6 heteroatoms. The molecule has 0 aliphatic heterocycles. The molecular formula is C55H51GeIrN3S-2. The number of hydrogen-bond acceptors (Lipinski definition) is 3. The zero-order chi connectivity index (χ0) is 46.9. The summed E-state index contributed by atoms with van der Waals surface area (Å²) in [6, 6.07) is 50.3.